The van der Waals surface area contributed by atoms with Gasteiger partial charge in [-0.1, -0.05) is 37.3 Å². The van der Waals surface area contributed by atoms with Crippen LogP contribution in [0.3, 0.4) is 0 Å². The number of carbonyl (C=O) groups excluding carboxylic acids is 1. The highest BCUT2D eigenvalue weighted by molar-refractivity contribution is 7.18. The van der Waals surface area contributed by atoms with Crippen molar-refractivity contribution in [3.8, 4) is 0 Å². The number of thiophene rings is 1. The number of hydrogen-bond acceptors (Lipinski definition) is 4. The summed E-state index contributed by atoms with van der Waals surface area (Å²) >= 11 is 1.57. The van der Waals surface area contributed by atoms with E-state index >= 15 is 0 Å². The van der Waals surface area contributed by atoms with Gasteiger partial charge in [0.15, 0.2) is 0 Å². The van der Waals surface area contributed by atoms with Gasteiger partial charge in [-0.3, -0.25) is 14.2 Å². The quantitative estimate of drug-likeness (QED) is 0.676. The molecule has 1 aliphatic carbocycles. The average Bonchev–Trinajstić information content (AvgIpc) is 3.49. The topological polar surface area (TPSA) is 55.2 Å². The molecule has 0 saturated heterocycles. The van der Waals surface area contributed by atoms with Crippen LogP contribution in [-0.2, 0) is 17.8 Å². The molecular weight excluding hydrogens is 370 g/mol. The van der Waals surface area contributed by atoms with Gasteiger partial charge in [-0.2, -0.15) is 0 Å². The molecule has 3 aromatic rings. The first-order valence-electron chi connectivity index (χ1n) is 10.0. The molecular formula is C22H23N3O2S. The number of carbonyl (C=O) groups is 1. The molecule has 0 unspecified atom stereocenters. The molecule has 0 N–H and O–H groups in total. The fourth-order valence-electron chi connectivity index (χ4n) is 4.26. The van der Waals surface area contributed by atoms with E-state index in [-0.39, 0.29) is 17.4 Å². The number of aromatic nitrogens is 2. The zero-order valence-electron chi connectivity index (χ0n) is 15.9. The van der Waals surface area contributed by atoms with E-state index < -0.39 is 0 Å². The van der Waals surface area contributed by atoms with Crippen LogP contribution >= 0.6 is 11.3 Å². The van der Waals surface area contributed by atoms with Crippen LogP contribution < -0.4 is 5.56 Å². The van der Waals surface area contributed by atoms with E-state index in [0.717, 1.165) is 51.9 Å². The Labute approximate surface area is 167 Å². The third kappa shape index (κ3) is 2.87. The Kier molecular flexibility index (Phi) is 4.31. The summed E-state index contributed by atoms with van der Waals surface area (Å²) in [5.74, 6) is 0.0718. The van der Waals surface area contributed by atoms with Crippen LogP contribution in [-0.4, -0.2) is 26.9 Å². The number of hydrogen-bond donors (Lipinski definition) is 0. The molecule has 28 heavy (non-hydrogen) atoms. The predicted molar refractivity (Wildman–Crippen MR) is 111 cm³/mol. The van der Waals surface area contributed by atoms with Crippen LogP contribution in [0.15, 0.2) is 41.5 Å². The van der Waals surface area contributed by atoms with Gasteiger partial charge in [0, 0.05) is 17.5 Å². The highest BCUT2D eigenvalue weighted by Crippen LogP contribution is 2.36. The lowest BCUT2D eigenvalue weighted by Crippen LogP contribution is -2.38. The lowest BCUT2D eigenvalue weighted by molar-refractivity contribution is -0.133. The second-order valence-electron chi connectivity index (χ2n) is 7.75. The molecule has 1 aliphatic heterocycles. The lowest BCUT2D eigenvalue weighted by Gasteiger charge is -2.30. The molecule has 1 atom stereocenters. The number of amides is 1. The fourth-order valence-corrected chi connectivity index (χ4v) is 5.45. The number of fused-ring (bicyclic) bond motifs is 3. The van der Waals surface area contributed by atoms with Crippen molar-refractivity contribution in [3.05, 3.63) is 63.0 Å². The van der Waals surface area contributed by atoms with Crippen molar-refractivity contribution in [1.82, 2.24) is 14.5 Å². The van der Waals surface area contributed by atoms with Gasteiger partial charge < -0.3 is 4.90 Å². The zero-order chi connectivity index (χ0) is 19.3. The van der Waals surface area contributed by atoms with Crippen molar-refractivity contribution in [2.24, 2.45) is 0 Å². The summed E-state index contributed by atoms with van der Waals surface area (Å²) in [5, 5.41) is 0.789. The maximum atomic E-state index is 13.2. The fraction of sp³-hybridized carbons (Fsp3) is 0.409. The highest BCUT2D eigenvalue weighted by atomic mass is 32.1. The van der Waals surface area contributed by atoms with Crippen LogP contribution in [0.4, 0.5) is 0 Å². The molecule has 0 bridgehead atoms. The molecule has 1 amide bonds. The SMILES string of the molecule is CC[C@H](C(=O)N1CCc2c(sc3ncn(C4CC4)c(=O)c23)C1)c1ccccc1. The third-order valence-electron chi connectivity index (χ3n) is 5.95. The summed E-state index contributed by atoms with van der Waals surface area (Å²) in [5.41, 5.74) is 2.29. The maximum Gasteiger partial charge on any atom is 0.262 e. The molecule has 144 valence electrons. The van der Waals surface area contributed by atoms with Gasteiger partial charge in [0.2, 0.25) is 5.91 Å². The van der Waals surface area contributed by atoms with Crippen molar-refractivity contribution < 1.29 is 4.79 Å². The minimum Gasteiger partial charge on any atom is -0.337 e. The van der Waals surface area contributed by atoms with E-state index in [1.165, 1.54) is 0 Å². The monoisotopic (exact) mass is 393 g/mol. The number of benzene rings is 1. The first-order valence-corrected chi connectivity index (χ1v) is 10.8. The normalized spacial score (nSPS) is 17.5. The Morgan fingerprint density at radius 1 is 1.29 bits per heavy atom. The molecule has 6 heteroatoms. The molecule has 0 radical (unpaired) electrons. The van der Waals surface area contributed by atoms with E-state index in [2.05, 4.69) is 11.9 Å². The summed E-state index contributed by atoms with van der Waals surface area (Å²) in [7, 11) is 0. The van der Waals surface area contributed by atoms with E-state index in [0.29, 0.717) is 19.1 Å². The van der Waals surface area contributed by atoms with Crippen molar-refractivity contribution in [2.45, 2.75) is 51.1 Å². The molecule has 5 nitrogen and oxygen atoms in total. The summed E-state index contributed by atoms with van der Waals surface area (Å²) < 4.78 is 1.80. The maximum absolute atomic E-state index is 13.2. The first-order chi connectivity index (χ1) is 13.7. The van der Waals surface area contributed by atoms with E-state index in [1.807, 2.05) is 35.2 Å². The number of nitrogens with zero attached hydrogens (tertiary/aromatic N) is 3. The van der Waals surface area contributed by atoms with Crippen LogP contribution in [0.5, 0.6) is 0 Å². The first kappa shape index (κ1) is 17.6. The Balaban J connectivity index is 1.46. The second-order valence-corrected chi connectivity index (χ2v) is 8.84. The highest BCUT2D eigenvalue weighted by Gasteiger charge is 2.31. The van der Waals surface area contributed by atoms with Gasteiger partial charge >= 0.3 is 0 Å². The van der Waals surface area contributed by atoms with Gasteiger partial charge in [-0.15, -0.1) is 11.3 Å². The molecule has 2 aromatic heterocycles. The smallest absolute Gasteiger partial charge is 0.262 e. The van der Waals surface area contributed by atoms with Crippen LogP contribution in [0.1, 0.15) is 54.1 Å². The standard InChI is InChI=1S/C22H23N3O2S/c1-2-16(14-6-4-3-5-7-14)21(26)24-11-10-17-18(12-24)28-20-19(17)22(27)25(13-23-20)15-8-9-15/h3-7,13,15-16H,2,8-12H2,1H3/t16-/m0/s1. The van der Waals surface area contributed by atoms with E-state index in [1.54, 1.807) is 22.2 Å². The molecule has 1 fully saturated rings. The summed E-state index contributed by atoms with van der Waals surface area (Å²) in [6.07, 6.45) is 5.36. The van der Waals surface area contributed by atoms with Crippen LogP contribution in [0.25, 0.3) is 10.2 Å². The molecule has 5 rings (SSSR count). The Morgan fingerprint density at radius 2 is 2.07 bits per heavy atom. The van der Waals surface area contributed by atoms with Gasteiger partial charge in [0.1, 0.15) is 4.83 Å². The summed E-state index contributed by atoms with van der Waals surface area (Å²) in [6, 6.07) is 10.4. The Morgan fingerprint density at radius 3 is 2.79 bits per heavy atom. The Hall–Kier alpha value is -2.47. The van der Waals surface area contributed by atoms with Crippen LogP contribution in [0.2, 0.25) is 0 Å². The lowest BCUT2D eigenvalue weighted by atomic mass is 9.94. The summed E-state index contributed by atoms with van der Waals surface area (Å²) in [4.78, 5) is 34.6. The van der Waals surface area contributed by atoms with Crippen molar-refractivity contribution >= 4 is 27.5 Å². The van der Waals surface area contributed by atoms with E-state index in [4.69, 9.17) is 0 Å². The zero-order valence-corrected chi connectivity index (χ0v) is 16.7. The van der Waals surface area contributed by atoms with Crippen LogP contribution in [0, 0.1) is 0 Å². The van der Waals surface area contributed by atoms with Gasteiger partial charge in [-0.05, 0) is 36.8 Å². The minimum atomic E-state index is -0.109. The molecule has 2 aliphatic rings. The summed E-state index contributed by atoms with van der Waals surface area (Å²) in [6.45, 7) is 3.31. The van der Waals surface area contributed by atoms with Crippen molar-refractivity contribution in [1.29, 1.82) is 0 Å². The third-order valence-corrected chi connectivity index (χ3v) is 7.07. The Bertz CT molecular complexity index is 1100. The van der Waals surface area contributed by atoms with Crippen molar-refractivity contribution in [2.75, 3.05) is 6.54 Å². The molecule has 0 spiro atoms. The average molecular weight is 394 g/mol. The second kappa shape index (κ2) is 6.85. The number of rotatable bonds is 4. The largest absolute Gasteiger partial charge is 0.337 e. The van der Waals surface area contributed by atoms with E-state index in [9.17, 15) is 9.59 Å². The van der Waals surface area contributed by atoms with Gasteiger partial charge in [0.05, 0.1) is 24.2 Å². The van der Waals surface area contributed by atoms with Gasteiger partial charge in [-0.25, -0.2) is 4.98 Å². The minimum absolute atomic E-state index is 0.0977. The predicted octanol–water partition coefficient (Wildman–Crippen LogP) is 3.87. The molecule has 1 saturated carbocycles. The van der Waals surface area contributed by atoms with Crippen molar-refractivity contribution in [3.63, 3.8) is 0 Å². The molecule has 1 aromatic carbocycles. The molecule has 3 heterocycles. The van der Waals surface area contributed by atoms with Gasteiger partial charge in [0.25, 0.3) is 5.56 Å².